The predicted molar refractivity (Wildman–Crippen MR) is 113 cm³/mol. The van der Waals surface area contributed by atoms with Crippen LogP contribution in [0.5, 0.6) is 0 Å². The maximum absolute atomic E-state index is 12.4. The van der Waals surface area contributed by atoms with Crippen LogP contribution in [0.1, 0.15) is 18.3 Å². The third-order valence-corrected chi connectivity index (χ3v) is 7.37. The Labute approximate surface area is 169 Å². The molecule has 0 aliphatic heterocycles. The van der Waals surface area contributed by atoms with Gasteiger partial charge in [0.2, 0.25) is 10.0 Å². The number of rotatable bonds is 7. The molecule has 0 radical (unpaired) electrons. The molecular formula is C19H22ClN3O2S2. The molecule has 1 heterocycles. The Bertz CT molecular complexity index is 1040. The third-order valence-electron chi connectivity index (χ3n) is 4.31. The zero-order valence-electron chi connectivity index (χ0n) is 15.5. The molecule has 27 heavy (non-hydrogen) atoms. The first-order valence-corrected chi connectivity index (χ1v) is 11.5. The van der Waals surface area contributed by atoms with Crippen molar-refractivity contribution in [1.29, 1.82) is 0 Å². The fourth-order valence-electron chi connectivity index (χ4n) is 2.83. The van der Waals surface area contributed by atoms with Crippen molar-refractivity contribution in [2.24, 2.45) is 0 Å². The van der Waals surface area contributed by atoms with Crippen molar-refractivity contribution < 1.29 is 8.42 Å². The molecule has 3 aromatic rings. The number of fused-ring (bicyclic) bond motifs is 1. The first kappa shape index (κ1) is 20.2. The molecule has 3 rings (SSSR count). The van der Waals surface area contributed by atoms with Crippen molar-refractivity contribution in [3.05, 3.63) is 58.9 Å². The van der Waals surface area contributed by atoms with Crippen molar-refractivity contribution in [3.8, 4) is 0 Å². The van der Waals surface area contributed by atoms with Crippen LogP contribution in [0.4, 0.5) is 0 Å². The molecular weight excluding hydrogens is 402 g/mol. The molecule has 8 heteroatoms. The molecule has 0 bridgehead atoms. The van der Waals surface area contributed by atoms with Crippen LogP contribution in [0.2, 0.25) is 5.02 Å². The van der Waals surface area contributed by atoms with E-state index in [1.54, 1.807) is 23.9 Å². The molecule has 0 aliphatic rings. The number of halogens is 1. The van der Waals surface area contributed by atoms with E-state index in [9.17, 15) is 8.42 Å². The van der Waals surface area contributed by atoms with Gasteiger partial charge in [-0.05, 0) is 42.8 Å². The van der Waals surface area contributed by atoms with Crippen molar-refractivity contribution in [2.75, 3.05) is 14.1 Å². The quantitative estimate of drug-likeness (QED) is 0.565. The molecule has 5 nitrogen and oxygen atoms in total. The highest BCUT2D eigenvalue weighted by atomic mass is 35.5. The lowest BCUT2D eigenvalue weighted by Crippen LogP contribution is -2.22. The zero-order valence-corrected chi connectivity index (χ0v) is 17.9. The van der Waals surface area contributed by atoms with Gasteiger partial charge in [0.05, 0.1) is 21.7 Å². The van der Waals surface area contributed by atoms with Crippen LogP contribution in [0.25, 0.3) is 11.0 Å². The van der Waals surface area contributed by atoms with Crippen molar-refractivity contribution >= 4 is 44.4 Å². The number of nitrogens with zero attached hydrogens (tertiary/aromatic N) is 3. The van der Waals surface area contributed by atoms with Crippen LogP contribution in [-0.4, -0.2) is 36.4 Å². The second-order valence-corrected chi connectivity index (χ2v) is 9.90. The molecule has 0 amide bonds. The molecule has 2 aromatic carbocycles. The Morgan fingerprint density at radius 2 is 1.81 bits per heavy atom. The first-order valence-electron chi connectivity index (χ1n) is 8.57. The van der Waals surface area contributed by atoms with Gasteiger partial charge < -0.3 is 4.57 Å². The van der Waals surface area contributed by atoms with Crippen molar-refractivity contribution in [1.82, 2.24) is 13.9 Å². The third kappa shape index (κ3) is 4.32. The van der Waals surface area contributed by atoms with Crippen LogP contribution in [0.15, 0.2) is 47.4 Å². The Kier molecular flexibility index (Phi) is 6.15. The minimum atomic E-state index is -3.47. The Hall–Kier alpha value is -1.54. The van der Waals surface area contributed by atoms with E-state index < -0.39 is 10.0 Å². The van der Waals surface area contributed by atoms with E-state index in [-0.39, 0.29) is 4.90 Å². The maximum atomic E-state index is 12.4. The second kappa shape index (κ2) is 8.22. The number of imidazole rings is 1. The topological polar surface area (TPSA) is 55.2 Å². The Morgan fingerprint density at radius 3 is 2.44 bits per heavy atom. The van der Waals surface area contributed by atoms with Crippen LogP contribution in [0, 0.1) is 0 Å². The number of aromatic nitrogens is 2. The molecule has 0 saturated carbocycles. The summed E-state index contributed by atoms with van der Waals surface area (Å²) in [5.41, 5.74) is 2.88. The van der Waals surface area contributed by atoms with E-state index in [0.29, 0.717) is 5.52 Å². The van der Waals surface area contributed by atoms with Gasteiger partial charge in [0.1, 0.15) is 5.82 Å². The van der Waals surface area contributed by atoms with E-state index in [0.717, 1.165) is 34.4 Å². The van der Waals surface area contributed by atoms with Crippen molar-refractivity contribution in [3.63, 3.8) is 0 Å². The standard InChI is InChI=1S/C19H22ClN3O2S2/c1-4-23-18-10-9-16(27(24,25)22(2)3)11-17(18)21-19(23)13-26-12-14-5-7-15(20)8-6-14/h5-11H,4,12-13H2,1-3H3. The molecule has 0 saturated heterocycles. The summed E-state index contributed by atoms with van der Waals surface area (Å²) in [4.78, 5) is 4.97. The van der Waals surface area contributed by atoms with Gasteiger partial charge in [-0.1, -0.05) is 23.7 Å². The average molecular weight is 424 g/mol. The van der Waals surface area contributed by atoms with Gasteiger partial charge in [-0.15, -0.1) is 11.8 Å². The fourth-order valence-corrected chi connectivity index (χ4v) is 4.82. The van der Waals surface area contributed by atoms with Gasteiger partial charge in [-0.2, -0.15) is 0 Å². The number of benzene rings is 2. The molecule has 0 fully saturated rings. The van der Waals surface area contributed by atoms with E-state index in [1.807, 2.05) is 30.3 Å². The van der Waals surface area contributed by atoms with E-state index in [2.05, 4.69) is 11.5 Å². The molecule has 0 N–H and O–H groups in total. The SMILES string of the molecule is CCn1c(CSCc2ccc(Cl)cc2)nc2cc(S(=O)(=O)N(C)C)ccc21. The minimum Gasteiger partial charge on any atom is -0.328 e. The van der Waals surface area contributed by atoms with Gasteiger partial charge in [0, 0.05) is 31.4 Å². The first-order chi connectivity index (χ1) is 12.8. The normalized spacial score (nSPS) is 12.2. The zero-order chi connectivity index (χ0) is 19.6. The Morgan fingerprint density at radius 1 is 1.11 bits per heavy atom. The summed E-state index contributed by atoms with van der Waals surface area (Å²) < 4.78 is 28.1. The summed E-state index contributed by atoms with van der Waals surface area (Å²) >= 11 is 7.70. The molecule has 0 aliphatic carbocycles. The summed E-state index contributed by atoms with van der Waals surface area (Å²) in [6.45, 7) is 2.85. The average Bonchev–Trinajstić information content (AvgIpc) is 2.99. The molecule has 0 unspecified atom stereocenters. The van der Waals surface area contributed by atoms with Crippen LogP contribution in [-0.2, 0) is 28.1 Å². The Balaban J connectivity index is 1.83. The highest BCUT2D eigenvalue weighted by Gasteiger charge is 2.19. The number of sulfonamides is 1. The summed E-state index contributed by atoms with van der Waals surface area (Å²) in [5.74, 6) is 2.57. The largest absolute Gasteiger partial charge is 0.328 e. The lowest BCUT2D eigenvalue weighted by atomic mass is 10.2. The number of hydrogen-bond donors (Lipinski definition) is 0. The summed E-state index contributed by atoms with van der Waals surface area (Å²) in [5, 5.41) is 0.736. The lowest BCUT2D eigenvalue weighted by Gasteiger charge is -2.11. The van der Waals surface area contributed by atoms with Gasteiger partial charge >= 0.3 is 0 Å². The molecule has 144 valence electrons. The van der Waals surface area contributed by atoms with Crippen LogP contribution in [0.3, 0.4) is 0 Å². The summed E-state index contributed by atoms with van der Waals surface area (Å²) in [7, 11) is -0.406. The molecule has 0 atom stereocenters. The van der Waals surface area contributed by atoms with Crippen LogP contribution >= 0.6 is 23.4 Å². The second-order valence-electron chi connectivity index (χ2n) is 6.33. The van der Waals surface area contributed by atoms with Gasteiger partial charge in [0.15, 0.2) is 0 Å². The number of aryl methyl sites for hydroxylation is 1. The van der Waals surface area contributed by atoms with Gasteiger partial charge in [-0.3, -0.25) is 0 Å². The highest BCUT2D eigenvalue weighted by molar-refractivity contribution is 7.97. The lowest BCUT2D eigenvalue weighted by molar-refractivity contribution is 0.521. The maximum Gasteiger partial charge on any atom is 0.242 e. The van der Waals surface area contributed by atoms with E-state index in [1.165, 1.54) is 24.0 Å². The minimum absolute atomic E-state index is 0.265. The number of thioether (sulfide) groups is 1. The van der Waals surface area contributed by atoms with Gasteiger partial charge in [-0.25, -0.2) is 17.7 Å². The summed E-state index contributed by atoms with van der Waals surface area (Å²) in [6, 6.07) is 13.0. The van der Waals surface area contributed by atoms with Gasteiger partial charge in [0.25, 0.3) is 0 Å². The monoisotopic (exact) mass is 423 g/mol. The van der Waals surface area contributed by atoms with E-state index >= 15 is 0 Å². The number of hydrogen-bond acceptors (Lipinski definition) is 4. The highest BCUT2D eigenvalue weighted by Crippen LogP contribution is 2.25. The van der Waals surface area contributed by atoms with Crippen LogP contribution < -0.4 is 0 Å². The molecule has 0 spiro atoms. The molecule has 1 aromatic heterocycles. The summed E-state index contributed by atoms with van der Waals surface area (Å²) in [6.07, 6.45) is 0. The smallest absolute Gasteiger partial charge is 0.242 e. The van der Waals surface area contributed by atoms with Crippen molar-refractivity contribution in [2.45, 2.75) is 29.9 Å². The predicted octanol–water partition coefficient (Wildman–Crippen LogP) is 4.39. The fraction of sp³-hybridized carbons (Fsp3) is 0.316. The van der Waals surface area contributed by atoms with E-state index in [4.69, 9.17) is 16.6 Å².